The van der Waals surface area contributed by atoms with Gasteiger partial charge in [0.2, 0.25) is 0 Å². The molecule has 1 saturated carbocycles. The van der Waals surface area contributed by atoms with Crippen LogP contribution in [0.2, 0.25) is 0 Å². The summed E-state index contributed by atoms with van der Waals surface area (Å²) in [4.78, 5) is 0. The van der Waals surface area contributed by atoms with Crippen molar-refractivity contribution >= 4 is 0 Å². The third-order valence-corrected chi connectivity index (χ3v) is 2.28. The van der Waals surface area contributed by atoms with Gasteiger partial charge < -0.3 is 10.3 Å². The number of aromatic nitrogens is 1. The topological polar surface area (TPSA) is 30.9 Å². The van der Waals surface area contributed by atoms with E-state index in [1.807, 2.05) is 0 Å². The van der Waals surface area contributed by atoms with Crippen molar-refractivity contribution in [3.63, 3.8) is 0 Å². The molecule has 1 fully saturated rings. The lowest BCUT2D eigenvalue weighted by molar-refractivity contribution is 0.605. The first-order chi connectivity index (χ1) is 5.40. The van der Waals surface area contributed by atoms with Crippen LogP contribution in [0.25, 0.3) is 0 Å². The molecule has 11 heavy (non-hydrogen) atoms. The van der Waals surface area contributed by atoms with Crippen LogP contribution in [0.3, 0.4) is 0 Å². The van der Waals surface area contributed by atoms with Crippen molar-refractivity contribution in [3.05, 3.63) is 24.0 Å². The number of hydrogen-bond donors (Lipinski definition) is 1. The minimum atomic E-state index is 0.666. The lowest BCUT2D eigenvalue weighted by Crippen LogP contribution is -2.07. The molecule has 2 nitrogen and oxygen atoms in total. The zero-order chi connectivity index (χ0) is 7.68. The van der Waals surface area contributed by atoms with Crippen LogP contribution in [-0.4, -0.2) is 4.57 Å². The van der Waals surface area contributed by atoms with E-state index in [2.05, 4.69) is 22.9 Å². The fourth-order valence-corrected chi connectivity index (χ4v) is 1.39. The second-order valence-corrected chi connectivity index (χ2v) is 3.30. The molecule has 0 atom stereocenters. The second kappa shape index (κ2) is 2.70. The van der Waals surface area contributed by atoms with Crippen LogP contribution in [0.15, 0.2) is 18.3 Å². The smallest absolute Gasteiger partial charge is 0.0334 e. The molecule has 1 aliphatic carbocycles. The van der Waals surface area contributed by atoms with Crippen molar-refractivity contribution < 1.29 is 0 Å². The van der Waals surface area contributed by atoms with E-state index in [-0.39, 0.29) is 0 Å². The summed E-state index contributed by atoms with van der Waals surface area (Å²) in [6.07, 6.45) is 4.94. The van der Waals surface area contributed by atoms with Gasteiger partial charge in [0.25, 0.3) is 0 Å². The number of nitrogens with two attached hydrogens (primary N) is 1. The van der Waals surface area contributed by atoms with E-state index in [4.69, 9.17) is 5.73 Å². The first-order valence-electron chi connectivity index (χ1n) is 4.24. The normalized spacial score (nSPS) is 17.2. The summed E-state index contributed by atoms with van der Waals surface area (Å²) in [5.74, 6) is 0.938. The molecule has 1 aromatic heterocycles. The highest BCUT2D eigenvalue weighted by atomic mass is 15.0. The maximum Gasteiger partial charge on any atom is 0.0334 e. The average molecular weight is 150 g/mol. The first-order valence-corrected chi connectivity index (χ1v) is 4.24. The molecule has 2 N–H and O–H groups in total. The van der Waals surface area contributed by atoms with Crippen LogP contribution < -0.4 is 5.73 Å². The van der Waals surface area contributed by atoms with Crippen molar-refractivity contribution in [2.75, 3.05) is 0 Å². The molecule has 60 valence electrons. The minimum absolute atomic E-state index is 0.666. The van der Waals surface area contributed by atoms with Gasteiger partial charge in [-0.15, -0.1) is 0 Å². The maximum atomic E-state index is 5.57. The summed E-state index contributed by atoms with van der Waals surface area (Å²) in [5.41, 5.74) is 6.83. The summed E-state index contributed by atoms with van der Waals surface area (Å²) in [6.45, 7) is 1.85. The Balaban J connectivity index is 2.07. The van der Waals surface area contributed by atoms with Gasteiger partial charge in [-0.25, -0.2) is 0 Å². The van der Waals surface area contributed by atoms with Crippen LogP contribution in [0, 0.1) is 5.92 Å². The molecule has 1 aliphatic rings. The zero-order valence-electron chi connectivity index (χ0n) is 6.66. The van der Waals surface area contributed by atoms with Crippen LogP contribution in [-0.2, 0) is 13.1 Å². The van der Waals surface area contributed by atoms with Gasteiger partial charge in [-0.3, -0.25) is 0 Å². The third kappa shape index (κ3) is 1.46. The Morgan fingerprint density at radius 1 is 1.55 bits per heavy atom. The summed E-state index contributed by atoms with van der Waals surface area (Å²) in [6, 6.07) is 4.17. The van der Waals surface area contributed by atoms with Crippen molar-refractivity contribution in [3.8, 4) is 0 Å². The van der Waals surface area contributed by atoms with E-state index in [9.17, 15) is 0 Å². The maximum absolute atomic E-state index is 5.57. The highest BCUT2D eigenvalue weighted by Crippen LogP contribution is 2.30. The van der Waals surface area contributed by atoms with Crippen molar-refractivity contribution in [1.82, 2.24) is 4.57 Å². The molecule has 0 unspecified atom stereocenters. The van der Waals surface area contributed by atoms with Gasteiger partial charge in [0.15, 0.2) is 0 Å². The van der Waals surface area contributed by atoms with E-state index in [1.54, 1.807) is 0 Å². The van der Waals surface area contributed by atoms with E-state index in [0.717, 1.165) is 5.92 Å². The largest absolute Gasteiger partial charge is 0.350 e. The van der Waals surface area contributed by atoms with Crippen LogP contribution >= 0.6 is 0 Å². The number of rotatable bonds is 3. The molecule has 1 aromatic rings. The van der Waals surface area contributed by atoms with Crippen LogP contribution in [0.4, 0.5) is 0 Å². The number of nitrogens with zero attached hydrogens (tertiary/aromatic N) is 1. The predicted octanol–water partition coefficient (Wildman–Crippen LogP) is 1.36. The predicted molar refractivity (Wildman–Crippen MR) is 45.0 cm³/mol. The van der Waals surface area contributed by atoms with E-state index in [0.29, 0.717) is 6.54 Å². The molecule has 0 radical (unpaired) electrons. The highest BCUT2D eigenvalue weighted by Gasteiger charge is 2.21. The molecule has 0 amide bonds. The quantitative estimate of drug-likeness (QED) is 0.693. The summed E-state index contributed by atoms with van der Waals surface area (Å²) < 4.78 is 2.28. The van der Waals surface area contributed by atoms with Crippen molar-refractivity contribution in [1.29, 1.82) is 0 Å². The van der Waals surface area contributed by atoms with Gasteiger partial charge in [0.1, 0.15) is 0 Å². The third-order valence-electron chi connectivity index (χ3n) is 2.28. The Labute approximate surface area is 67.0 Å². The molecule has 2 heteroatoms. The van der Waals surface area contributed by atoms with E-state index in [1.165, 1.54) is 25.1 Å². The van der Waals surface area contributed by atoms with Gasteiger partial charge in [-0.2, -0.15) is 0 Å². The Bertz CT molecular complexity index is 235. The van der Waals surface area contributed by atoms with Gasteiger partial charge >= 0.3 is 0 Å². The summed E-state index contributed by atoms with van der Waals surface area (Å²) in [5, 5.41) is 0. The van der Waals surface area contributed by atoms with Gasteiger partial charge in [-0.1, -0.05) is 0 Å². The minimum Gasteiger partial charge on any atom is -0.350 e. The highest BCUT2D eigenvalue weighted by molar-refractivity contribution is 5.06. The molecule has 2 rings (SSSR count). The molecule has 0 bridgehead atoms. The molecule has 0 aliphatic heterocycles. The van der Waals surface area contributed by atoms with Crippen molar-refractivity contribution in [2.45, 2.75) is 25.9 Å². The molecule has 0 saturated heterocycles. The van der Waals surface area contributed by atoms with Crippen LogP contribution in [0.5, 0.6) is 0 Å². The summed E-state index contributed by atoms with van der Waals surface area (Å²) in [7, 11) is 0. The first kappa shape index (κ1) is 6.92. The Morgan fingerprint density at radius 3 is 3.00 bits per heavy atom. The molecule has 0 aromatic carbocycles. The molecule has 1 heterocycles. The van der Waals surface area contributed by atoms with Gasteiger partial charge in [0, 0.05) is 25.0 Å². The lowest BCUT2D eigenvalue weighted by Gasteiger charge is -2.05. The average Bonchev–Trinajstić information content (AvgIpc) is 2.68. The number of hydrogen-bond acceptors (Lipinski definition) is 1. The molecule has 0 spiro atoms. The molecular formula is C9H14N2. The fraction of sp³-hybridized carbons (Fsp3) is 0.556. The Kier molecular flexibility index (Phi) is 1.70. The van der Waals surface area contributed by atoms with E-state index >= 15 is 0 Å². The van der Waals surface area contributed by atoms with Gasteiger partial charge in [0.05, 0.1) is 0 Å². The lowest BCUT2D eigenvalue weighted by atomic mass is 10.4. The SMILES string of the molecule is NCc1cccn1CC1CC1. The molecular weight excluding hydrogens is 136 g/mol. The van der Waals surface area contributed by atoms with Gasteiger partial charge in [-0.05, 0) is 30.9 Å². The fourth-order valence-electron chi connectivity index (χ4n) is 1.39. The van der Waals surface area contributed by atoms with Crippen LogP contribution in [0.1, 0.15) is 18.5 Å². The monoisotopic (exact) mass is 150 g/mol. The standard InChI is InChI=1S/C9H14N2/c10-6-9-2-1-5-11(9)7-8-3-4-8/h1-2,5,8H,3-4,6-7,10H2. The second-order valence-electron chi connectivity index (χ2n) is 3.30. The summed E-state index contributed by atoms with van der Waals surface area (Å²) >= 11 is 0. The Morgan fingerprint density at radius 2 is 2.36 bits per heavy atom. The zero-order valence-corrected chi connectivity index (χ0v) is 6.66. The Hall–Kier alpha value is -0.760. The van der Waals surface area contributed by atoms with E-state index < -0.39 is 0 Å². The van der Waals surface area contributed by atoms with Crippen molar-refractivity contribution in [2.24, 2.45) is 11.7 Å².